The number of hydrogen-bond acceptors (Lipinski definition) is 3. The molecule has 25 heavy (non-hydrogen) atoms. The van der Waals surface area contributed by atoms with Gasteiger partial charge in [0.2, 0.25) is 5.91 Å². The molecule has 128 valence electrons. The topological polar surface area (TPSA) is 70.0 Å². The molecular formula is C19H17ClN2O3. The van der Waals surface area contributed by atoms with Crippen LogP contribution in [0.25, 0.3) is 0 Å². The molecule has 1 amide bonds. The zero-order valence-corrected chi connectivity index (χ0v) is 14.2. The van der Waals surface area contributed by atoms with Crippen LogP contribution in [0.1, 0.15) is 36.4 Å². The Bertz CT molecular complexity index is 820. The number of carboxylic acid groups (broad SMARTS) is 1. The lowest BCUT2D eigenvalue weighted by Crippen LogP contribution is -2.27. The average molecular weight is 357 g/mol. The van der Waals surface area contributed by atoms with Crippen LogP contribution in [0.15, 0.2) is 59.7 Å². The fourth-order valence-electron chi connectivity index (χ4n) is 2.86. The van der Waals surface area contributed by atoms with Gasteiger partial charge in [0.15, 0.2) is 0 Å². The van der Waals surface area contributed by atoms with Crippen LogP contribution in [-0.4, -0.2) is 27.7 Å². The monoisotopic (exact) mass is 356 g/mol. The van der Waals surface area contributed by atoms with E-state index in [2.05, 4.69) is 5.10 Å². The van der Waals surface area contributed by atoms with Crippen LogP contribution in [0.5, 0.6) is 0 Å². The number of nitrogens with zero attached hydrogens (tertiary/aromatic N) is 2. The van der Waals surface area contributed by atoms with E-state index in [-0.39, 0.29) is 24.8 Å². The van der Waals surface area contributed by atoms with Gasteiger partial charge < -0.3 is 5.11 Å². The second kappa shape index (κ2) is 7.49. The standard InChI is InChI=1S/C19H17ClN2O3/c20-15-9-5-4-8-14(15)17-12-16(13-6-2-1-3-7-13)21-22(17)18(23)10-11-19(24)25/h1-9,17H,10-12H2,(H,24,25)/t17-/m0/s1. The van der Waals surface area contributed by atoms with Crippen LogP contribution in [0.2, 0.25) is 5.02 Å². The summed E-state index contributed by atoms with van der Waals surface area (Å²) in [5.41, 5.74) is 2.53. The molecule has 1 atom stereocenters. The van der Waals surface area contributed by atoms with Gasteiger partial charge in [-0.25, -0.2) is 5.01 Å². The van der Waals surface area contributed by atoms with E-state index < -0.39 is 5.97 Å². The van der Waals surface area contributed by atoms with Crippen molar-refractivity contribution in [3.05, 3.63) is 70.7 Å². The Kier molecular flexibility index (Phi) is 5.14. The third-order valence-electron chi connectivity index (χ3n) is 4.09. The number of halogens is 1. The lowest BCUT2D eigenvalue weighted by molar-refractivity contribution is -0.141. The van der Waals surface area contributed by atoms with Crippen molar-refractivity contribution in [1.82, 2.24) is 5.01 Å². The van der Waals surface area contributed by atoms with E-state index in [0.29, 0.717) is 11.4 Å². The summed E-state index contributed by atoms with van der Waals surface area (Å²) in [5.74, 6) is -1.33. The molecule has 2 aromatic rings. The summed E-state index contributed by atoms with van der Waals surface area (Å²) in [6.07, 6.45) is 0.217. The molecule has 5 nitrogen and oxygen atoms in total. The van der Waals surface area contributed by atoms with Gasteiger partial charge in [-0.3, -0.25) is 9.59 Å². The second-order valence-electron chi connectivity index (χ2n) is 5.79. The van der Waals surface area contributed by atoms with E-state index >= 15 is 0 Å². The highest BCUT2D eigenvalue weighted by molar-refractivity contribution is 6.31. The number of carbonyl (C=O) groups is 2. The third-order valence-corrected chi connectivity index (χ3v) is 4.43. The van der Waals surface area contributed by atoms with Crippen LogP contribution in [0, 0.1) is 0 Å². The van der Waals surface area contributed by atoms with E-state index in [1.165, 1.54) is 5.01 Å². The molecule has 6 heteroatoms. The molecule has 0 aliphatic carbocycles. The first-order chi connectivity index (χ1) is 12.1. The molecule has 2 aromatic carbocycles. The number of hydrogen-bond donors (Lipinski definition) is 1. The van der Waals surface area contributed by atoms with Crippen LogP contribution in [0.4, 0.5) is 0 Å². The maximum atomic E-state index is 12.5. The molecule has 1 aliphatic rings. The van der Waals surface area contributed by atoms with Gasteiger partial charge in [0, 0.05) is 17.9 Å². The van der Waals surface area contributed by atoms with Gasteiger partial charge in [-0.1, -0.05) is 60.1 Å². The molecule has 0 aromatic heterocycles. The summed E-state index contributed by atoms with van der Waals surface area (Å²) in [5, 5.41) is 15.3. The summed E-state index contributed by atoms with van der Waals surface area (Å²) in [6.45, 7) is 0. The highest BCUT2D eigenvalue weighted by Crippen LogP contribution is 2.36. The van der Waals surface area contributed by atoms with Crippen molar-refractivity contribution in [3.8, 4) is 0 Å². The number of carbonyl (C=O) groups excluding carboxylic acids is 1. The summed E-state index contributed by atoms with van der Waals surface area (Å²) in [6, 6.07) is 16.6. The largest absolute Gasteiger partial charge is 0.481 e. The molecule has 0 fully saturated rings. The average Bonchev–Trinajstić information content (AvgIpc) is 3.06. The highest BCUT2D eigenvalue weighted by atomic mass is 35.5. The first-order valence-corrected chi connectivity index (χ1v) is 8.35. The fraction of sp³-hybridized carbons (Fsp3) is 0.211. The molecule has 1 aliphatic heterocycles. The van der Waals surface area contributed by atoms with Crippen molar-refractivity contribution in [2.75, 3.05) is 0 Å². The number of aliphatic carboxylic acids is 1. The summed E-state index contributed by atoms with van der Waals surface area (Å²) >= 11 is 6.31. The van der Waals surface area contributed by atoms with Crippen LogP contribution in [-0.2, 0) is 9.59 Å². The van der Waals surface area contributed by atoms with Crippen molar-refractivity contribution in [2.45, 2.75) is 25.3 Å². The minimum Gasteiger partial charge on any atom is -0.481 e. The Morgan fingerprint density at radius 2 is 1.76 bits per heavy atom. The molecule has 1 heterocycles. The molecule has 0 radical (unpaired) electrons. The Labute approximate surface area is 150 Å². The third kappa shape index (κ3) is 3.88. The molecule has 0 spiro atoms. The lowest BCUT2D eigenvalue weighted by atomic mass is 9.98. The van der Waals surface area contributed by atoms with E-state index in [0.717, 1.165) is 16.8 Å². The van der Waals surface area contributed by atoms with Crippen LogP contribution in [0.3, 0.4) is 0 Å². The van der Waals surface area contributed by atoms with Gasteiger partial charge in [-0.15, -0.1) is 0 Å². The van der Waals surface area contributed by atoms with Crippen molar-refractivity contribution >= 4 is 29.2 Å². The van der Waals surface area contributed by atoms with Gasteiger partial charge in [-0.2, -0.15) is 5.10 Å². The lowest BCUT2D eigenvalue weighted by Gasteiger charge is -2.22. The summed E-state index contributed by atoms with van der Waals surface area (Å²) < 4.78 is 0. The SMILES string of the molecule is O=C(O)CCC(=O)N1N=C(c2ccccc2)C[C@H]1c1ccccc1Cl. The molecule has 1 N–H and O–H groups in total. The Hall–Kier alpha value is -2.66. The Balaban J connectivity index is 1.92. The Morgan fingerprint density at radius 3 is 2.44 bits per heavy atom. The normalized spacial score (nSPS) is 16.6. The quantitative estimate of drug-likeness (QED) is 0.883. The van der Waals surface area contributed by atoms with E-state index in [4.69, 9.17) is 16.7 Å². The predicted molar refractivity (Wildman–Crippen MR) is 95.5 cm³/mol. The smallest absolute Gasteiger partial charge is 0.303 e. The molecule has 3 rings (SSSR count). The van der Waals surface area contributed by atoms with Crippen molar-refractivity contribution in [2.24, 2.45) is 5.10 Å². The van der Waals surface area contributed by atoms with E-state index in [1.807, 2.05) is 48.5 Å². The maximum Gasteiger partial charge on any atom is 0.303 e. The molecular weight excluding hydrogens is 340 g/mol. The number of carboxylic acids is 1. The van der Waals surface area contributed by atoms with Gasteiger partial charge >= 0.3 is 5.97 Å². The minimum absolute atomic E-state index is 0.0954. The molecule has 0 bridgehead atoms. The van der Waals surface area contributed by atoms with Crippen molar-refractivity contribution < 1.29 is 14.7 Å². The van der Waals surface area contributed by atoms with E-state index in [9.17, 15) is 9.59 Å². The fourth-order valence-corrected chi connectivity index (χ4v) is 3.12. The first-order valence-electron chi connectivity index (χ1n) is 7.97. The summed E-state index contributed by atoms with van der Waals surface area (Å²) in [4.78, 5) is 23.3. The van der Waals surface area contributed by atoms with Crippen molar-refractivity contribution in [1.29, 1.82) is 0 Å². The van der Waals surface area contributed by atoms with Crippen molar-refractivity contribution in [3.63, 3.8) is 0 Å². The van der Waals surface area contributed by atoms with Gasteiger partial charge in [-0.05, 0) is 17.2 Å². The molecule has 0 saturated carbocycles. The van der Waals surface area contributed by atoms with Gasteiger partial charge in [0.05, 0.1) is 18.2 Å². The van der Waals surface area contributed by atoms with Crippen LogP contribution >= 0.6 is 11.6 Å². The zero-order chi connectivity index (χ0) is 17.8. The van der Waals surface area contributed by atoms with Gasteiger partial charge in [0.25, 0.3) is 0 Å². The summed E-state index contributed by atoms with van der Waals surface area (Å²) in [7, 11) is 0. The Morgan fingerprint density at radius 1 is 1.08 bits per heavy atom. The molecule has 0 saturated heterocycles. The maximum absolute atomic E-state index is 12.5. The number of hydrazone groups is 1. The zero-order valence-electron chi connectivity index (χ0n) is 13.4. The first kappa shape index (κ1) is 17.2. The molecule has 0 unspecified atom stereocenters. The number of rotatable bonds is 5. The van der Waals surface area contributed by atoms with Crippen LogP contribution < -0.4 is 0 Å². The van der Waals surface area contributed by atoms with E-state index in [1.54, 1.807) is 6.07 Å². The predicted octanol–water partition coefficient (Wildman–Crippen LogP) is 3.88. The number of benzene rings is 2. The second-order valence-corrected chi connectivity index (χ2v) is 6.19. The number of amides is 1. The van der Waals surface area contributed by atoms with Gasteiger partial charge in [0.1, 0.15) is 0 Å². The minimum atomic E-state index is -1.01. The highest BCUT2D eigenvalue weighted by Gasteiger charge is 2.34.